The van der Waals surface area contributed by atoms with Crippen LogP contribution >= 0.6 is 0 Å². The summed E-state index contributed by atoms with van der Waals surface area (Å²) in [7, 11) is 1.61. The lowest BCUT2D eigenvalue weighted by molar-refractivity contribution is 0.0150. The van der Waals surface area contributed by atoms with Gasteiger partial charge in [0.25, 0.3) is 15.9 Å². The molecular weight excluding hydrogens is 454 g/mol. The van der Waals surface area contributed by atoms with Crippen LogP contribution in [0.3, 0.4) is 0 Å². The Hall–Kier alpha value is -2.62. The fraction of sp³-hybridized carbons (Fsp3) is 0.480. The number of carbonyl (C=O) groups excluding carboxylic acids is 1. The minimum absolute atomic E-state index is 0.111. The van der Waals surface area contributed by atoms with Gasteiger partial charge in [-0.1, -0.05) is 24.6 Å². The molecule has 2 aromatic rings. The molecule has 3 atom stereocenters. The van der Waals surface area contributed by atoms with Gasteiger partial charge in [-0.15, -0.1) is 0 Å². The Balaban J connectivity index is 1.95. The number of fused-ring (bicyclic) bond motifs is 1. The summed E-state index contributed by atoms with van der Waals surface area (Å²) in [4.78, 5) is 17.4. The van der Waals surface area contributed by atoms with Gasteiger partial charge in [-0.05, 0) is 57.1 Å². The zero-order valence-electron chi connectivity index (χ0n) is 20.7. The normalized spacial score (nSPS) is 22.8. The van der Waals surface area contributed by atoms with Gasteiger partial charge in [-0.25, -0.2) is 8.42 Å². The summed E-state index contributed by atoms with van der Waals surface area (Å²) in [5.74, 6) is 0.347. The van der Waals surface area contributed by atoms with E-state index in [1.54, 1.807) is 55.5 Å². The average molecular weight is 490 g/mol. The molecule has 0 aliphatic carbocycles. The number of carbonyl (C=O) groups is 1. The predicted molar refractivity (Wildman–Crippen MR) is 133 cm³/mol. The van der Waals surface area contributed by atoms with Gasteiger partial charge in [0.1, 0.15) is 12.4 Å². The van der Waals surface area contributed by atoms with E-state index in [2.05, 4.69) is 23.5 Å². The molecule has 1 heterocycles. The van der Waals surface area contributed by atoms with Crippen LogP contribution < -0.4 is 9.46 Å². The molecule has 9 heteroatoms. The maximum atomic E-state index is 13.4. The van der Waals surface area contributed by atoms with E-state index in [9.17, 15) is 13.2 Å². The maximum absolute atomic E-state index is 13.4. The standard InChI is InChI=1S/C25H35N3O5S/c1-17-7-10-21(11-8-17)34(30,31)26-20-9-12-23-22(13-20)25(29)28(5)15-24(32-6)18(2)14-27(4)19(3)16-33-23/h7-13,18-19,24,26H,14-16H2,1-6H3/t18-,19+,24-/m1/s1. The molecule has 1 aliphatic rings. The highest BCUT2D eigenvalue weighted by atomic mass is 32.2. The number of benzene rings is 2. The van der Waals surface area contributed by atoms with E-state index in [0.717, 1.165) is 12.1 Å². The molecule has 34 heavy (non-hydrogen) atoms. The lowest BCUT2D eigenvalue weighted by atomic mass is 10.0. The highest BCUT2D eigenvalue weighted by molar-refractivity contribution is 7.92. The van der Waals surface area contributed by atoms with Gasteiger partial charge in [-0.2, -0.15) is 0 Å². The molecule has 1 aliphatic heterocycles. The molecule has 0 spiro atoms. The van der Waals surface area contributed by atoms with Gasteiger partial charge in [0, 0.05) is 39.0 Å². The Kier molecular flexibility index (Phi) is 8.22. The molecule has 0 saturated carbocycles. The first-order valence-corrected chi connectivity index (χ1v) is 12.8. The number of methoxy groups -OCH3 is 1. The summed E-state index contributed by atoms with van der Waals surface area (Å²) in [6, 6.07) is 11.5. The summed E-state index contributed by atoms with van der Waals surface area (Å²) < 4.78 is 40.1. The van der Waals surface area contributed by atoms with Crippen LogP contribution in [0.4, 0.5) is 5.69 Å². The minimum Gasteiger partial charge on any atom is -0.491 e. The second kappa shape index (κ2) is 10.8. The number of hydrogen-bond donors (Lipinski definition) is 1. The van der Waals surface area contributed by atoms with Crippen molar-refractivity contribution in [2.45, 2.75) is 37.8 Å². The van der Waals surface area contributed by atoms with Crippen molar-refractivity contribution in [1.82, 2.24) is 9.80 Å². The van der Waals surface area contributed by atoms with Crippen molar-refractivity contribution in [3.63, 3.8) is 0 Å². The molecule has 0 radical (unpaired) electrons. The van der Waals surface area contributed by atoms with Gasteiger partial charge in [0.2, 0.25) is 0 Å². The molecule has 1 N–H and O–H groups in total. The lowest BCUT2D eigenvalue weighted by Crippen LogP contribution is -2.45. The van der Waals surface area contributed by atoms with E-state index < -0.39 is 10.0 Å². The number of hydrogen-bond acceptors (Lipinski definition) is 6. The third kappa shape index (κ3) is 6.08. The van der Waals surface area contributed by atoms with Crippen LogP contribution in [0, 0.1) is 12.8 Å². The first kappa shape index (κ1) is 26.0. The van der Waals surface area contributed by atoms with Crippen molar-refractivity contribution in [3.05, 3.63) is 53.6 Å². The zero-order chi connectivity index (χ0) is 25.0. The summed E-state index contributed by atoms with van der Waals surface area (Å²) in [6.07, 6.45) is -0.143. The number of nitrogens with one attached hydrogen (secondary N) is 1. The number of sulfonamides is 1. The van der Waals surface area contributed by atoms with Crippen LogP contribution in [0.2, 0.25) is 0 Å². The number of nitrogens with zero attached hydrogens (tertiary/aromatic N) is 2. The molecule has 0 unspecified atom stereocenters. The van der Waals surface area contributed by atoms with E-state index in [4.69, 9.17) is 9.47 Å². The second-order valence-electron chi connectivity index (χ2n) is 9.17. The van der Waals surface area contributed by atoms with Crippen molar-refractivity contribution in [2.75, 3.05) is 45.6 Å². The number of ether oxygens (including phenoxy) is 2. The number of amides is 1. The number of rotatable bonds is 4. The maximum Gasteiger partial charge on any atom is 0.261 e. The van der Waals surface area contributed by atoms with Gasteiger partial charge >= 0.3 is 0 Å². The summed E-state index contributed by atoms with van der Waals surface area (Å²) in [6.45, 7) is 7.66. The number of likely N-dealkylation sites (N-methyl/N-ethyl adjacent to an activating group) is 2. The van der Waals surface area contributed by atoms with Crippen molar-refractivity contribution >= 4 is 21.6 Å². The Morgan fingerprint density at radius 1 is 1.06 bits per heavy atom. The Morgan fingerprint density at radius 3 is 2.38 bits per heavy atom. The molecule has 186 valence electrons. The topological polar surface area (TPSA) is 88.2 Å². The largest absolute Gasteiger partial charge is 0.491 e. The van der Waals surface area contributed by atoms with Gasteiger partial charge < -0.3 is 14.4 Å². The number of anilines is 1. The quantitative estimate of drug-likeness (QED) is 0.710. The van der Waals surface area contributed by atoms with Gasteiger partial charge in [0.15, 0.2) is 0 Å². The zero-order valence-corrected chi connectivity index (χ0v) is 21.6. The molecule has 0 bridgehead atoms. The first-order valence-electron chi connectivity index (χ1n) is 11.4. The lowest BCUT2D eigenvalue weighted by Gasteiger charge is -2.34. The van der Waals surface area contributed by atoms with Crippen LogP contribution in [-0.4, -0.2) is 77.2 Å². The van der Waals surface area contributed by atoms with Crippen molar-refractivity contribution < 1.29 is 22.7 Å². The molecular formula is C25H35N3O5S. The molecule has 8 nitrogen and oxygen atoms in total. The van der Waals surface area contributed by atoms with E-state index in [1.807, 2.05) is 14.0 Å². The highest BCUT2D eigenvalue weighted by Crippen LogP contribution is 2.27. The fourth-order valence-corrected chi connectivity index (χ4v) is 5.00. The summed E-state index contributed by atoms with van der Waals surface area (Å²) >= 11 is 0. The summed E-state index contributed by atoms with van der Waals surface area (Å²) in [5.41, 5.74) is 1.55. The number of aryl methyl sites for hydroxylation is 1. The SMILES string of the molecule is CO[C@@H]1CN(C)C(=O)c2cc(NS(=O)(=O)c3ccc(C)cc3)ccc2OC[C@H](C)N(C)C[C@H]1C. The molecule has 3 rings (SSSR count). The van der Waals surface area contributed by atoms with E-state index in [0.29, 0.717) is 30.2 Å². The highest BCUT2D eigenvalue weighted by Gasteiger charge is 2.27. The van der Waals surface area contributed by atoms with E-state index in [1.165, 1.54) is 6.07 Å². The molecule has 2 aromatic carbocycles. The monoisotopic (exact) mass is 489 g/mol. The molecule has 0 fully saturated rings. The summed E-state index contributed by atoms with van der Waals surface area (Å²) in [5, 5.41) is 0. The molecule has 0 aromatic heterocycles. The fourth-order valence-electron chi connectivity index (χ4n) is 3.95. The van der Waals surface area contributed by atoms with Crippen LogP contribution in [0.15, 0.2) is 47.4 Å². The van der Waals surface area contributed by atoms with Crippen LogP contribution in [0.25, 0.3) is 0 Å². The smallest absolute Gasteiger partial charge is 0.261 e. The first-order chi connectivity index (χ1) is 16.0. The molecule has 0 saturated heterocycles. The predicted octanol–water partition coefficient (Wildman–Crippen LogP) is 3.23. The third-order valence-corrected chi connectivity index (χ3v) is 7.74. The van der Waals surface area contributed by atoms with Crippen molar-refractivity contribution in [2.24, 2.45) is 5.92 Å². The third-order valence-electron chi connectivity index (χ3n) is 6.34. The van der Waals surface area contributed by atoms with E-state index in [-0.39, 0.29) is 28.9 Å². The average Bonchev–Trinajstić information content (AvgIpc) is 2.80. The minimum atomic E-state index is -3.81. The van der Waals surface area contributed by atoms with Crippen LogP contribution in [0.1, 0.15) is 29.8 Å². The van der Waals surface area contributed by atoms with Crippen LogP contribution in [-0.2, 0) is 14.8 Å². The Morgan fingerprint density at radius 2 is 1.74 bits per heavy atom. The van der Waals surface area contributed by atoms with E-state index >= 15 is 0 Å². The van der Waals surface area contributed by atoms with Gasteiger partial charge in [-0.3, -0.25) is 14.4 Å². The Bertz CT molecular complexity index is 1100. The van der Waals surface area contributed by atoms with Crippen molar-refractivity contribution in [1.29, 1.82) is 0 Å². The van der Waals surface area contributed by atoms with Crippen LogP contribution in [0.5, 0.6) is 5.75 Å². The molecule has 1 amide bonds. The second-order valence-corrected chi connectivity index (χ2v) is 10.8. The Labute approximate surface area is 202 Å². The van der Waals surface area contributed by atoms with Gasteiger partial charge in [0.05, 0.1) is 16.6 Å². The van der Waals surface area contributed by atoms with Crippen molar-refractivity contribution in [3.8, 4) is 5.75 Å².